The second-order valence-corrected chi connectivity index (χ2v) is 8.30. The molecule has 2 aliphatic heterocycles. The van der Waals surface area contributed by atoms with Crippen molar-refractivity contribution in [2.75, 3.05) is 19.8 Å². The quantitative estimate of drug-likeness (QED) is 0.562. The second-order valence-electron chi connectivity index (χ2n) is 7.90. The highest BCUT2D eigenvalue weighted by molar-refractivity contribution is 6.32. The Hall–Kier alpha value is -2.48. The van der Waals surface area contributed by atoms with Gasteiger partial charge in [0.15, 0.2) is 11.5 Å². The van der Waals surface area contributed by atoms with Gasteiger partial charge in [-0.2, -0.15) is 0 Å². The fourth-order valence-corrected chi connectivity index (χ4v) is 4.47. The molecule has 1 saturated heterocycles. The lowest BCUT2D eigenvalue weighted by Crippen LogP contribution is -2.48. The molecule has 0 aromatic heterocycles. The predicted octanol–water partition coefficient (Wildman–Crippen LogP) is 3.19. The first-order chi connectivity index (χ1) is 14.5. The SMILES string of the molecule is O=C(CCN1C(=O)NC2(CCCCC2)C1=O)OCc1cc(Cl)c2c(c1)OCCCO2. The number of nitrogens with one attached hydrogen (secondary N) is 1. The normalized spacial score (nSPS) is 20.1. The highest BCUT2D eigenvalue weighted by atomic mass is 35.5. The summed E-state index contributed by atoms with van der Waals surface area (Å²) >= 11 is 6.25. The molecule has 0 bridgehead atoms. The van der Waals surface area contributed by atoms with E-state index in [4.69, 9.17) is 25.8 Å². The summed E-state index contributed by atoms with van der Waals surface area (Å²) in [4.78, 5) is 38.3. The van der Waals surface area contributed by atoms with Crippen LogP contribution in [0.3, 0.4) is 0 Å². The Morgan fingerprint density at radius 3 is 2.70 bits per heavy atom. The standard InChI is InChI=1S/C21H25ClN2O6/c22-15-11-14(12-16-18(15)29-10-4-9-28-16)13-30-17(25)5-8-24-19(26)21(23-20(24)27)6-2-1-3-7-21/h11-12H,1-10,13H2,(H,23,27). The van der Waals surface area contributed by atoms with Crippen LogP contribution in [0.5, 0.6) is 11.5 Å². The maximum Gasteiger partial charge on any atom is 0.325 e. The molecule has 3 amide bonds. The molecule has 4 rings (SSSR count). The van der Waals surface area contributed by atoms with Gasteiger partial charge in [0.05, 0.1) is 24.7 Å². The zero-order valence-corrected chi connectivity index (χ0v) is 17.5. The molecule has 3 aliphatic rings. The van der Waals surface area contributed by atoms with E-state index in [-0.39, 0.29) is 25.5 Å². The van der Waals surface area contributed by atoms with Crippen molar-refractivity contribution in [3.8, 4) is 11.5 Å². The van der Waals surface area contributed by atoms with Crippen molar-refractivity contribution in [2.24, 2.45) is 0 Å². The molecular formula is C21H25ClN2O6. The number of nitrogens with zero attached hydrogens (tertiary/aromatic N) is 1. The average Bonchev–Trinajstić information content (AvgIpc) is 2.90. The maximum absolute atomic E-state index is 12.7. The number of ether oxygens (including phenoxy) is 3. The van der Waals surface area contributed by atoms with Gasteiger partial charge in [-0.1, -0.05) is 30.9 Å². The Morgan fingerprint density at radius 2 is 1.90 bits per heavy atom. The van der Waals surface area contributed by atoms with E-state index in [0.717, 1.165) is 30.6 Å². The van der Waals surface area contributed by atoms with E-state index >= 15 is 0 Å². The van der Waals surface area contributed by atoms with Crippen LogP contribution in [0.2, 0.25) is 5.02 Å². The van der Waals surface area contributed by atoms with Gasteiger partial charge < -0.3 is 19.5 Å². The smallest absolute Gasteiger partial charge is 0.325 e. The number of hydrogen-bond acceptors (Lipinski definition) is 6. The molecule has 0 radical (unpaired) electrons. The van der Waals surface area contributed by atoms with Crippen molar-refractivity contribution < 1.29 is 28.6 Å². The number of carbonyl (C=O) groups excluding carboxylic acids is 3. The Labute approximate surface area is 179 Å². The molecule has 2 fully saturated rings. The van der Waals surface area contributed by atoms with Gasteiger partial charge in [-0.05, 0) is 30.5 Å². The van der Waals surface area contributed by atoms with Crippen molar-refractivity contribution in [3.63, 3.8) is 0 Å². The summed E-state index contributed by atoms with van der Waals surface area (Å²) < 4.78 is 16.5. The Bertz CT molecular complexity index is 852. The third kappa shape index (κ3) is 4.19. The van der Waals surface area contributed by atoms with Gasteiger partial charge in [-0.3, -0.25) is 14.5 Å². The molecule has 30 heavy (non-hydrogen) atoms. The number of halogens is 1. The lowest BCUT2D eigenvalue weighted by molar-refractivity contribution is -0.145. The topological polar surface area (TPSA) is 94.2 Å². The number of esters is 1. The van der Waals surface area contributed by atoms with E-state index in [2.05, 4.69) is 5.32 Å². The highest BCUT2D eigenvalue weighted by Gasteiger charge is 2.51. The van der Waals surface area contributed by atoms with Crippen LogP contribution < -0.4 is 14.8 Å². The molecule has 2 heterocycles. The molecule has 1 N–H and O–H groups in total. The van der Waals surface area contributed by atoms with Gasteiger partial charge in [-0.25, -0.2) is 4.79 Å². The first-order valence-corrected chi connectivity index (χ1v) is 10.7. The summed E-state index contributed by atoms with van der Waals surface area (Å²) in [5.41, 5.74) is -0.103. The van der Waals surface area contributed by atoms with Gasteiger partial charge in [0, 0.05) is 13.0 Å². The van der Waals surface area contributed by atoms with Crippen LogP contribution in [0.15, 0.2) is 12.1 Å². The number of fused-ring (bicyclic) bond motifs is 1. The summed E-state index contributed by atoms with van der Waals surface area (Å²) in [6.45, 7) is 1.08. The molecule has 1 aromatic carbocycles. The van der Waals surface area contributed by atoms with Crippen LogP contribution >= 0.6 is 11.6 Å². The molecule has 0 atom stereocenters. The zero-order valence-electron chi connectivity index (χ0n) is 16.7. The maximum atomic E-state index is 12.7. The van der Waals surface area contributed by atoms with E-state index in [1.54, 1.807) is 12.1 Å². The van der Waals surface area contributed by atoms with Crippen LogP contribution in [0.4, 0.5) is 4.79 Å². The number of rotatable bonds is 5. The largest absolute Gasteiger partial charge is 0.489 e. The van der Waals surface area contributed by atoms with Crippen LogP contribution in [0.25, 0.3) is 0 Å². The van der Waals surface area contributed by atoms with Crippen molar-refractivity contribution >= 4 is 29.5 Å². The van der Waals surface area contributed by atoms with Crippen LogP contribution in [0.1, 0.15) is 50.5 Å². The number of amides is 3. The van der Waals surface area contributed by atoms with E-state index < -0.39 is 17.5 Å². The van der Waals surface area contributed by atoms with Crippen LogP contribution in [-0.2, 0) is 20.9 Å². The van der Waals surface area contributed by atoms with Gasteiger partial charge in [0.25, 0.3) is 5.91 Å². The summed E-state index contributed by atoms with van der Waals surface area (Å²) in [6, 6.07) is 2.99. The minimum atomic E-state index is -0.778. The first kappa shape index (κ1) is 20.8. The van der Waals surface area contributed by atoms with Crippen LogP contribution in [-0.4, -0.2) is 48.1 Å². The van der Waals surface area contributed by atoms with Gasteiger partial charge in [0.2, 0.25) is 0 Å². The van der Waals surface area contributed by atoms with Crippen LogP contribution in [0, 0.1) is 0 Å². The first-order valence-electron chi connectivity index (χ1n) is 10.4. The Balaban J connectivity index is 1.30. The summed E-state index contributed by atoms with van der Waals surface area (Å²) in [6.07, 6.45) is 4.92. The molecule has 0 unspecified atom stereocenters. The molecular weight excluding hydrogens is 412 g/mol. The zero-order chi connectivity index (χ0) is 21.1. The molecule has 9 heteroatoms. The molecule has 1 aromatic rings. The van der Waals surface area contributed by atoms with E-state index in [1.165, 1.54) is 0 Å². The molecule has 162 valence electrons. The number of benzene rings is 1. The molecule has 1 spiro atoms. The highest BCUT2D eigenvalue weighted by Crippen LogP contribution is 2.38. The van der Waals surface area contributed by atoms with E-state index in [9.17, 15) is 14.4 Å². The molecule has 1 saturated carbocycles. The lowest BCUT2D eigenvalue weighted by Gasteiger charge is -2.30. The Kier molecular flexibility index (Phi) is 6.04. The number of hydrogen-bond donors (Lipinski definition) is 1. The van der Waals surface area contributed by atoms with Gasteiger partial charge in [0.1, 0.15) is 12.1 Å². The minimum absolute atomic E-state index is 0.00709. The van der Waals surface area contributed by atoms with Gasteiger partial charge >= 0.3 is 12.0 Å². The third-order valence-electron chi connectivity index (χ3n) is 5.75. The Morgan fingerprint density at radius 1 is 1.13 bits per heavy atom. The monoisotopic (exact) mass is 436 g/mol. The summed E-state index contributed by atoms with van der Waals surface area (Å²) in [5.74, 6) is 0.306. The predicted molar refractivity (Wildman–Crippen MR) is 108 cm³/mol. The van der Waals surface area contributed by atoms with E-state index in [1.807, 2.05) is 0 Å². The number of urea groups is 1. The summed E-state index contributed by atoms with van der Waals surface area (Å²) in [5, 5.41) is 3.24. The molecule has 1 aliphatic carbocycles. The fraction of sp³-hybridized carbons (Fsp3) is 0.571. The van der Waals surface area contributed by atoms with Gasteiger partial charge in [-0.15, -0.1) is 0 Å². The van der Waals surface area contributed by atoms with Crippen molar-refractivity contribution in [1.29, 1.82) is 0 Å². The lowest BCUT2D eigenvalue weighted by atomic mass is 9.82. The number of imide groups is 1. The van der Waals surface area contributed by atoms with Crippen molar-refractivity contribution in [2.45, 2.75) is 57.1 Å². The minimum Gasteiger partial charge on any atom is -0.489 e. The molecule has 8 nitrogen and oxygen atoms in total. The van der Waals surface area contributed by atoms with E-state index in [0.29, 0.717) is 48.1 Å². The number of carbonyl (C=O) groups is 3. The fourth-order valence-electron chi connectivity index (χ4n) is 4.18. The third-order valence-corrected chi connectivity index (χ3v) is 6.04. The van der Waals surface area contributed by atoms with Crippen molar-refractivity contribution in [1.82, 2.24) is 10.2 Å². The summed E-state index contributed by atoms with van der Waals surface area (Å²) in [7, 11) is 0. The second kappa shape index (κ2) is 8.71. The average molecular weight is 437 g/mol. The van der Waals surface area contributed by atoms with Crippen molar-refractivity contribution in [3.05, 3.63) is 22.7 Å².